The first kappa shape index (κ1) is 22.2. The second-order valence-electron chi connectivity index (χ2n) is 7.11. The first-order chi connectivity index (χ1) is 15.3. The molecule has 9 heteroatoms. The highest BCUT2D eigenvalue weighted by molar-refractivity contribution is 8.00. The van der Waals surface area contributed by atoms with E-state index < -0.39 is 35.5 Å². The molecule has 4 nitrogen and oxygen atoms in total. The Labute approximate surface area is 191 Å². The summed E-state index contributed by atoms with van der Waals surface area (Å²) in [7, 11) is 0. The number of hydrogen-bond acceptors (Lipinski definition) is 3. The highest BCUT2D eigenvalue weighted by Gasteiger charge is 2.26. The monoisotopic (exact) mass is 476 g/mol. The molecule has 0 bridgehead atoms. The predicted molar refractivity (Wildman–Crippen MR) is 117 cm³/mol. The molecule has 0 fully saturated rings. The van der Waals surface area contributed by atoms with Gasteiger partial charge in [-0.25, -0.2) is 13.2 Å². The average molecular weight is 477 g/mol. The zero-order chi connectivity index (χ0) is 22.8. The number of carbonyl (C=O) groups excluding carboxylic acids is 2. The maximum absolute atomic E-state index is 13.8. The number of benzene rings is 3. The molecule has 1 aliphatic rings. The fraction of sp³-hybridized carbons (Fsp3) is 0.130. The van der Waals surface area contributed by atoms with Crippen LogP contribution in [0.2, 0.25) is 5.02 Å². The summed E-state index contributed by atoms with van der Waals surface area (Å²) in [4.78, 5) is 27.6. The molecule has 1 heterocycles. The highest BCUT2D eigenvalue weighted by atomic mass is 35.5. The Balaban J connectivity index is 1.55. The van der Waals surface area contributed by atoms with Crippen LogP contribution in [0.15, 0.2) is 59.5 Å². The molecule has 0 radical (unpaired) electrons. The summed E-state index contributed by atoms with van der Waals surface area (Å²) >= 11 is 7.30. The Morgan fingerprint density at radius 2 is 1.72 bits per heavy atom. The van der Waals surface area contributed by atoms with Crippen LogP contribution in [0.4, 0.5) is 18.9 Å². The third-order valence-electron chi connectivity index (χ3n) is 4.95. The van der Waals surface area contributed by atoms with E-state index in [9.17, 15) is 22.8 Å². The first-order valence-corrected chi connectivity index (χ1v) is 10.9. The number of thioether (sulfide) groups is 1. The number of amides is 2. The van der Waals surface area contributed by atoms with Gasteiger partial charge in [0, 0.05) is 39.7 Å². The molecule has 0 spiro atoms. The fourth-order valence-electron chi connectivity index (χ4n) is 3.30. The van der Waals surface area contributed by atoms with E-state index in [1.54, 1.807) is 35.2 Å². The van der Waals surface area contributed by atoms with Crippen LogP contribution < -0.4 is 10.2 Å². The van der Waals surface area contributed by atoms with Crippen molar-refractivity contribution in [3.8, 4) is 0 Å². The van der Waals surface area contributed by atoms with E-state index in [1.165, 1.54) is 11.8 Å². The molecule has 32 heavy (non-hydrogen) atoms. The van der Waals surface area contributed by atoms with Gasteiger partial charge in [0.05, 0.1) is 18.0 Å². The van der Waals surface area contributed by atoms with E-state index >= 15 is 0 Å². The van der Waals surface area contributed by atoms with Crippen molar-refractivity contribution < 1.29 is 22.8 Å². The van der Waals surface area contributed by atoms with Crippen molar-refractivity contribution in [3.05, 3.63) is 93.8 Å². The molecule has 4 rings (SSSR count). The quantitative estimate of drug-likeness (QED) is 0.542. The Kier molecular flexibility index (Phi) is 6.43. The highest BCUT2D eigenvalue weighted by Crippen LogP contribution is 2.37. The van der Waals surface area contributed by atoms with Gasteiger partial charge in [0.15, 0.2) is 0 Å². The minimum absolute atomic E-state index is 0.106. The maximum Gasteiger partial charge on any atom is 0.251 e. The molecule has 3 aromatic carbocycles. The van der Waals surface area contributed by atoms with Crippen molar-refractivity contribution in [1.82, 2.24) is 5.32 Å². The van der Waals surface area contributed by atoms with Gasteiger partial charge in [-0.15, -0.1) is 11.8 Å². The van der Waals surface area contributed by atoms with Crippen LogP contribution in [0.25, 0.3) is 0 Å². The topological polar surface area (TPSA) is 49.4 Å². The molecule has 164 valence electrons. The predicted octanol–water partition coefficient (Wildman–Crippen LogP) is 5.33. The van der Waals surface area contributed by atoms with Crippen molar-refractivity contribution >= 4 is 40.9 Å². The summed E-state index contributed by atoms with van der Waals surface area (Å²) in [6.45, 7) is -0.142. The molecule has 0 aliphatic carbocycles. The lowest BCUT2D eigenvalue weighted by Gasteiger charge is -2.29. The van der Waals surface area contributed by atoms with Gasteiger partial charge in [-0.2, -0.15) is 0 Å². The van der Waals surface area contributed by atoms with Crippen LogP contribution in [-0.4, -0.2) is 17.6 Å². The van der Waals surface area contributed by atoms with Crippen LogP contribution in [0, 0.1) is 17.5 Å². The zero-order valence-electron chi connectivity index (χ0n) is 16.5. The molecule has 0 atom stereocenters. The Morgan fingerprint density at radius 3 is 2.41 bits per heavy atom. The lowest BCUT2D eigenvalue weighted by atomic mass is 10.1. The SMILES string of the molecule is O=C(NCc1c(F)cc(F)cc1F)c1ccc2c(c1)N(Cc1ccc(Cl)cc1)C(=O)CS2. The van der Waals surface area contributed by atoms with Crippen LogP contribution in [0.1, 0.15) is 21.5 Å². The summed E-state index contributed by atoms with van der Waals surface area (Å²) in [6.07, 6.45) is 0. The van der Waals surface area contributed by atoms with Gasteiger partial charge in [-0.05, 0) is 35.9 Å². The van der Waals surface area contributed by atoms with E-state index in [0.717, 1.165) is 10.5 Å². The van der Waals surface area contributed by atoms with Gasteiger partial charge in [-0.1, -0.05) is 23.7 Å². The molecule has 3 aromatic rings. The summed E-state index contributed by atoms with van der Waals surface area (Å²) in [5, 5.41) is 3.02. The van der Waals surface area contributed by atoms with E-state index in [0.29, 0.717) is 29.4 Å². The van der Waals surface area contributed by atoms with Gasteiger partial charge in [0.2, 0.25) is 5.91 Å². The van der Waals surface area contributed by atoms with E-state index in [4.69, 9.17) is 11.6 Å². The van der Waals surface area contributed by atoms with Gasteiger partial charge >= 0.3 is 0 Å². The Hall–Kier alpha value is -2.97. The van der Waals surface area contributed by atoms with Crippen LogP contribution in [-0.2, 0) is 17.9 Å². The number of carbonyl (C=O) groups is 2. The number of anilines is 1. The normalized spacial score (nSPS) is 13.1. The minimum atomic E-state index is -1.08. The van der Waals surface area contributed by atoms with Crippen LogP contribution in [0.5, 0.6) is 0 Å². The molecule has 1 N–H and O–H groups in total. The summed E-state index contributed by atoms with van der Waals surface area (Å²) in [6, 6.07) is 13.1. The lowest BCUT2D eigenvalue weighted by Crippen LogP contribution is -2.35. The zero-order valence-corrected chi connectivity index (χ0v) is 18.1. The third kappa shape index (κ3) is 4.76. The molecule has 0 unspecified atom stereocenters. The largest absolute Gasteiger partial charge is 0.348 e. The second kappa shape index (κ2) is 9.26. The van der Waals surface area contributed by atoms with Gasteiger partial charge in [-0.3, -0.25) is 9.59 Å². The second-order valence-corrected chi connectivity index (χ2v) is 8.56. The van der Waals surface area contributed by atoms with Gasteiger partial charge in [0.25, 0.3) is 5.91 Å². The van der Waals surface area contributed by atoms with Crippen molar-refractivity contribution in [1.29, 1.82) is 0 Å². The van der Waals surface area contributed by atoms with Crippen molar-refractivity contribution in [2.45, 2.75) is 18.0 Å². The number of rotatable bonds is 5. The van der Waals surface area contributed by atoms with Gasteiger partial charge < -0.3 is 10.2 Å². The Morgan fingerprint density at radius 1 is 1.03 bits per heavy atom. The van der Waals surface area contributed by atoms with E-state index in [-0.39, 0.29) is 17.2 Å². The van der Waals surface area contributed by atoms with Crippen molar-refractivity contribution in [2.75, 3.05) is 10.7 Å². The number of halogens is 4. The number of hydrogen-bond donors (Lipinski definition) is 1. The standard InChI is InChI=1S/C23H16ClF3N2O2S/c24-15-4-1-13(2-5-15)11-29-20-7-14(3-6-21(20)32-12-22(29)30)23(31)28-10-17-18(26)8-16(25)9-19(17)27/h1-9H,10-12H2,(H,28,31). The van der Waals surface area contributed by atoms with Gasteiger partial charge in [0.1, 0.15) is 17.5 Å². The average Bonchev–Trinajstić information content (AvgIpc) is 2.76. The molecule has 0 saturated heterocycles. The van der Waals surface area contributed by atoms with E-state index in [2.05, 4.69) is 5.32 Å². The first-order valence-electron chi connectivity index (χ1n) is 9.55. The van der Waals surface area contributed by atoms with E-state index in [1.807, 2.05) is 12.1 Å². The molecular weight excluding hydrogens is 461 g/mol. The molecular formula is C23H16ClF3N2O2S. The summed E-state index contributed by atoms with van der Waals surface area (Å²) in [5.74, 6) is -3.60. The number of nitrogens with zero attached hydrogens (tertiary/aromatic N) is 1. The van der Waals surface area contributed by atoms with Crippen LogP contribution in [0.3, 0.4) is 0 Å². The summed E-state index contributed by atoms with van der Waals surface area (Å²) < 4.78 is 40.7. The number of fused-ring (bicyclic) bond motifs is 1. The van der Waals surface area contributed by atoms with Crippen LogP contribution >= 0.6 is 23.4 Å². The third-order valence-corrected chi connectivity index (χ3v) is 6.25. The lowest BCUT2D eigenvalue weighted by molar-refractivity contribution is -0.116. The summed E-state index contributed by atoms with van der Waals surface area (Å²) in [5.41, 5.74) is 1.24. The number of nitrogens with one attached hydrogen (secondary N) is 1. The molecule has 0 saturated carbocycles. The molecule has 0 aromatic heterocycles. The smallest absolute Gasteiger partial charge is 0.251 e. The Bertz CT molecular complexity index is 1180. The molecule has 2 amide bonds. The maximum atomic E-state index is 13.8. The minimum Gasteiger partial charge on any atom is -0.348 e. The van der Waals surface area contributed by atoms with Crippen molar-refractivity contribution in [2.24, 2.45) is 0 Å². The fourth-order valence-corrected chi connectivity index (χ4v) is 4.34. The molecule has 1 aliphatic heterocycles. The van der Waals surface area contributed by atoms with Crippen molar-refractivity contribution in [3.63, 3.8) is 0 Å².